The van der Waals surface area contributed by atoms with E-state index in [0.717, 1.165) is 0 Å². The smallest absolute Gasteiger partial charge is 0.00837 e. The number of aryl methyl sites for hydroxylation is 1. The molecule has 0 fully saturated rings. The van der Waals surface area contributed by atoms with E-state index in [0.29, 0.717) is 0 Å². The molecular formula is C12H18Si. The first kappa shape index (κ1) is 10.3. The minimum Gasteiger partial charge on any atom is -0.0985 e. The SMILES string of the molecule is C=Cc1cc(C)c(C)c(C)c1C[SiH3]. The van der Waals surface area contributed by atoms with Crippen LogP contribution in [0.1, 0.15) is 27.8 Å². The van der Waals surface area contributed by atoms with Crippen molar-refractivity contribution < 1.29 is 0 Å². The van der Waals surface area contributed by atoms with Gasteiger partial charge < -0.3 is 0 Å². The second kappa shape index (κ2) is 3.92. The van der Waals surface area contributed by atoms with Crippen LogP contribution in [0.15, 0.2) is 12.6 Å². The molecule has 0 aromatic heterocycles. The second-order valence-electron chi connectivity index (χ2n) is 3.57. The fourth-order valence-electron chi connectivity index (χ4n) is 1.82. The van der Waals surface area contributed by atoms with Gasteiger partial charge in [0, 0.05) is 10.2 Å². The van der Waals surface area contributed by atoms with E-state index >= 15 is 0 Å². The summed E-state index contributed by atoms with van der Waals surface area (Å²) in [4.78, 5) is 0. The van der Waals surface area contributed by atoms with Crippen LogP contribution in [0.3, 0.4) is 0 Å². The predicted octanol–water partition coefficient (Wildman–Crippen LogP) is 2.12. The lowest BCUT2D eigenvalue weighted by Gasteiger charge is -2.13. The van der Waals surface area contributed by atoms with E-state index in [1.54, 1.807) is 0 Å². The minimum absolute atomic E-state index is 1.23. The number of rotatable bonds is 2. The van der Waals surface area contributed by atoms with Gasteiger partial charge in [0.1, 0.15) is 0 Å². The normalized spacial score (nSPS) is 10.4. The summed E-state index contributed by atoms with van der Waals surface area (Å²) in [6, 6.07) is 3.48. The summed E-state index contributed by atoms with van der Waals surface area (Å²) in [5, 5.41) is 0. The third kappa shape index (κ3) is 1.75. The van der Waals surface area contributed by atoms with E-state index in [1.807, 2.05) is 6.08 Å². The molecule has 0 amide bonds. The fourth-order valence-corrected chi connectivity index (χ4v) is 2.76. The average molecular weight is 190 g/mol. The van der Waals surface area contributed by atoms with Crippen molar-refractivity contribution in [3.63, 3.8) is 0 Å². The molecule has 13 heavy (non-hydrogen) atoms. The van der Waals surface area contributed by atoms with Crippen LogP contribution in [-0.4, -0.2) is 10.2 Å². The van der Waals surface area contributed by atoms with Gasteiger partial charge in [-0.05, 0) is 54.6 Å². The molecule has 1 aromatic rings. The minimum atomic E-state index is 1.23. The van der Waals surface area contributed by atoms with Crippen LogP contribution in [0.25, 0.3) is 6.08 Å². The van der Waals surface area contributed by atoms with Gasteiger partial charge in [0.2, 0.25) is 0 Å². The molecule has 1 aromatic carbocycles. The molecule has 1 heteroatoms. The zero-order chi connectivity index (χ0) is 10.0. The molecular weight excluding hydrogens is 172 g/mol. The predicted molar refractivity (Wildman–Crippen MR) is 64.4 cm³/mol. The zero-order valence-electron chi connectivity index (χ0n) is 9.07. The highest BCUT2D eigenvalue weighted by atomic mass is 28.1. The highest BCUT2D eigenvalue weighted by Gasteiger charge is 2.06. The molecule has 0 aliphatic heterocycles. The molecule has 0 nitrogen and oxygen atoms in total. The molecule has 0 saturated heterocycles. The Labute approximate surface area is 84.1 Å². The summed E-state index contributed by atoms with van der Waals surface area (Å²) in [5.74, 6) is 0. The lowest BCUT2D eigenvalue weighted by Crippen LogP contribution is -1.98. The standard InChI is InChI=1S/C12H18Si/c1-5-11-6-8(2)9(3)10(4)12(11)7-13/h5-6H,1,7H2,2-4,13H3. The van der Waals surface area contributed by atoms with Crippen molar-refractivity contribution in [2.45, 2.75) is 26.8 Å². The summed E-state index contributed by atoms with van der Waals surface area (Å²) in [6.45, 7) is 10.5. The van der Waals surface area contributed by atoms with E-state index in [-0.39, 0.29) is 0 Å². The maximum Gasteiger partial charge on any atom is 0.00837 e. The lowest BCUT2D eigenvalue weighted by atomic mass is 9.94. The number of benzene rings is 1. The summed E-state index contributed by atoms with van der Waals surface area (Å²) < 4.78 is 0. The van der Waals surface area contributed by atoms with Gasteiger partial charge in [-0.2, -0.15) is 0 Å². The van der Waals surface area contributed by atoms with Crippen LogP contribution >= 0.6 is 0 Å². The topological polar surface area (TPSA) is 0 Å². The number of hydrogen-bond donors (Lipinski definition) is 0. The van der Waals surface area contributed by atoms with Gasteiger partial charge in [-0.25, -0.2) is 0 Å². The van der Waals surface area contributed by atoms with E-state index in [2.05, 4.69) is 33.4 Å². The van der Waals surface area contributed by atoms with Crippen LogP contribution in [0.4, 0.5) is 0 Å². The third-order valence-corrected chi connectivity index (χ3v) is 3.61. The Morgan fingerprint density at radius 2 is 1.92 bits per heavy atom. The Morgan fingerprint density at radius 1 is 1.31 bits per heavy atom. The first-order chi connectivity index (χ1) is 6.11. The molecule has 0 aliphatic carbocycles. The van der Waals surface area contributed by atoms with Gasteiger partial charge in [0.15, 0.2) is 0 Å². The third-order valence-electron chi connectivity index (χ3n) is 2.90. The Balaban J connectivity index is 3.47. The summed E-state index contributed by atoms with van der Waals surface area (Å²) in [6.07, 6.45) is 1.98. The van der Waals surface area contributed by atoms with Crippen LogP contribution in [0, 0.1) is 20.8 Å². The van der Waals surface area contributed by atoms with Crippen molar-refractivity contribution in [2.24, 2.45) is 0 Å². The van der Waals surface area contributed by atoms with Crippen molar-refractivity contribution in [1.82, 2.24) is 0 Å². The molecule has 0 unspecified atom stereocenters. The van der Waals surface area contributed by atoms with Crippen molar-refractivity contribution >= 4 is 16.3 Å². The van der Waals surface area contributed by atoms with Gasteiger partial charge in [0.05, 0.1) is 0 Å². The Bertz CT molecular complexity index is 337. The first-order valence-corrected chi connectivity index (χ1v) is 6.25. The Morgan fingerprint density at radius 3 is 2.38 bits per heavy atom. The Hall–Kier alpha value is -0.823. The molecule has 0 spiro atoms. The van der Waals surface area contributed by atoms with Crippen LogP contribution < -0.4 is 0 Å². The maximum atomic E-state index is 3.87. The van der Waals surface area contributed by atoms with E-state index in [1.165, 1.54) is 44.1 Å². The van der Waals surface area contributed by atoms with Crippen molar-refractivity contribution in [2.75, 3.05) is 0 Å². The highest BCUT2D eigenvalue weighted by Crippen LogP contribution is 2.22. The van der Waals surface area contributed by atoms with Gasteiger partial charge >= 0.3 is 0 Å². The van der Waals surface area contributed by atoms with E-state index < -0.39 is 0 Å². The van der Waals surface area contributed by atoms with Crippen molar-refractivity contribution in [1.29, 1.82) is 0 Å². The van der Waals surface area contributed by atoms with Gasteiger partial charge in [-0.3, -0.25) is 0 Å². The summed E-state index contributed by atoms with van der Waals surface area (Å²) >= 11 is 0. The average Bonchev–Trinajstić information content (AvgIpc) is 2.13. The second-order valence-corrected chi connectivity index (χ2v) is 4.28. The fraction of sp³-hybridized carbons (Fsp3) is 0.333. The van der Waals surface area contributed by atoms with E-state index in [4.69, 9.17) is 0 Å². The van der Waals surface area contributed by atoms with Crippen LogP contribution in [0.5, 0.6) is 0 Å². The van der Waals surface area contributed by atoms with Crippen LogP contribution in [-0.2, 0) is 6.04 Å². The molecule has 0 radical (unpaired) electrons. The molecule has 1 rings (SSSR count). The maximum absolute atomic E-state index is 3.87. The summed E-state index contributed by atoms with van der Waals surface area (Å²) in [7, 11) is 1.23. The summed E-state index contributed by atoms with van der Waals surface area (Å²) in [5.41, 5.74) is 7.12. The van der Waals surface area contributed by atoms with Gasteiger partial charge in [0.25, 0.3) is 0 Å². The quantitative estimate of drug-likeness (QED) is 0.627. The lowest BCUT2D eigenvalue weighted by molar-refractivity contribution is 1.19. The zero-order valence-corrected chi connectivity index (χ0v) is 11.1. The molecule has 0 heterocycles. The Kier molecular flexibility index (Phi) is 3.10. The molecule has 0 aliphatic rings. The molecule has 0 saturated carbocycles. The molecule has 70 valence electrons. The monoisotopic (exact) mass is 190 g/mol. The molecule has 0 bridgehead atoms. The van der Waals surface area contributed by atoms with Crippen molar-refractivity contribution in [3.05, 3.63) is 40.5 Å². The van der Waals surface area contributed by atoms with Gasteiger partial charge in [-0.1, -0.05) is 18.7 Å². The largest absolute Gasteiger partial charge is 0.0985 e. The van der Waals surface area contributed by atoms with Gasteiger partial charge in [-0.15, -0.1) is 0 Å². The molecule has 0 atom stereocenters. The first-order valence-electron chi connectivity index (χ1n) is 4.83. The number of hydrogen-bond acceptors (Lipinski definition) is 0. The van der Waals surface area contributed by atoms with E-state index in [9.17, 15) is 0 Å². The highest BCUT2D eigenvalue weighted by molar-refractivity contribution is 6.08. The molecule has 0 N–H and O–H groups in total. The van der Waals surface area contributed by atoms with Crippen LogP contribution in [0.2, 0.25) is 0 Å². The van der Waals surface area contributed by atoms with Crippen molar-refractivity contribution in [3.8, 4) is 0 Å².